The van der Waals surface area contributed by atoms with Gasteiger partial charge in [-0.1, -0.05) is 87.2 Å². The molecule has 0 bridgehead atoms. The molecule has 0 radical (unpaired) electrons. The number of aliphatic carboxylic acids is 1. The molecule has 2 N–H and O–H groups in total. The SMILES string of the molecule is CCCCCC1CCC(c2ccc(-c3ccc(C4(C(=O)O)CCC(C(=O)Nc5ccc(B6OC(C)(C)C(C)(C)O6)c(C)c5)CC4)cc3)cc2)CC1. The highest BCUT2D eigenvalue weighted by Crippen LogP contribution is 2.44. The van der Waals surface area contributed by atoms with Crippen LogP contribution in [0.1, 0.15) is 134 Å². The van der Waals surface area contributed by atoms with E-state index in [1.807, 2.05) is 65.0 Å². The van der Waals surface area contributed by atoms with Crippen LogP contribution in [0, 0.1) is 18.8 Å². The predicted molar refractivity (Wildman–Crippen MR) is 208 cm³/mol. The minimum Gasteiger partial charge on any atom is -0.481 e. The summed E-state index contributed by atoms with van der Waals surface area (Å²) in [6, 6.07) is 22.9. The Kier molecular flexibility index (Phi) is 11.2. The first kappa shape index (κ1) is 37.3. The number of carboxylic acid groups (broad SMARTS) is 1. The lowest BCUT2D eigenvalue weighted by Gasteiger charge is -2.37. The Bertz CT molecular complexity index is 1650. The largest absolute Gasteiger partial charge is 0.495 e. The van der Waals surface area contributed by atoms with Crippen LogP contribution in [0.3, 0.4) is 0 Å². The fourth-order valence-electron chi connectivity index (χ4n) is 8.63. The summed E-state index contributed by atoms with van der Waals surface area (Å²) in [6.45, 7) is 12.4. The van der Waals surface area contributed by atoms with Gasteiger partial charge in [-0.2, -0.15) is 0 Å². The average molecular weight is 692 g/mol. The second-order valence-electron chi connectivity index (χ2n) is 16.7. The Morgan fingerprint density at radius 1 is 0.804 bits per heavy atom. The lowest BCUT2D eigenvalue weighted by Crippen LogP contribution is -2.41. The molecule has 0 spiro atoms. The number of nitrogens with one attached hydrogen (secondary N) is 1. The molecule has 272 valence electrons. The molecule has 51 heavy (non-hydrogen) atoms. The summed E-state index contributed by atoms with van der Waals surface area (Å²) >= 11 is 0. The van der Waals surface area contributed by atoms with Crippen molar-refractivity contribution >= 4 is 30.1 Å². The van der Waals surface area contributed by atoms with Gasteiger partial charge in [0.2, 0.25) is 5.91 Å². The van der Waals surface area contributed by atoms with Crippen molar-refractivity contribution < 1.29 is 24.0 Å². The van der Waals surface area contributed by atoms with Crippen molar-refractivity contribution in [1.82, 2.24) is 0 Å². The third-order valence-electron chi connectivity index (χ3n) is 12.9. The van der Waals surface area contributed by atoms with Crippen molar-refractivity contribution in [2.75, 3.05) is 5.32 Å². The van der Waals surface area contributed by atoms with Crippen LogP contribution in [-0.4, -0.2) is 35.3 Å². The molecule has 0 atom stereocenters. The van der Waals surface area contributed by atoms with E-state index < -0.39 is 29.7 Å². The number of hydrogen-bond donors (Lipinski definition) is 2. The number of carbonyl (C=O) groups excluding carboxylic acids is 1. The van der Waals surface area contributed by atoms with Gasteiger partial charge >= 0.3 is 13.1 Å². The Hall–Kier alpha value is -3.42. The Labute approximate surface area is 306 Å². The van der Waals surface area contributed by atoms with Gasteiger partial charge in [-0.3, -0.25) is 9.59 Å². The fourth-order valence-corrected chi connectivity index (χ4v) is 8.63. The number of carboxylic acids is 1. The first-order chi connectivity index (χ1) is 24.3. The number of hydrogen-bond acceptors (Lipinski definition) is 4. The van der Waals surface area contributed by atoms with Crippen molar-refractivity contribution in [3.63, 3.8) is 0 Å². The van der Waals surface area contributed by atoms with E-state index >= 15 is 0 Å². The summed E-state index contributed by atoms with van der Waals surface area (Å²) in [4.78, 5) is 26.2. The maximum absolute atomic E-state index is 13.4. The summed E-state index contributed by atoms with van der Waals surface area (Å²) in [6.07, 6.45) is 12.6. The predicted octanol–water partition coefficient (Wildman–Crippen LogP) is 9.97. The fraction of sp³-hybridized carbons (Fsp3) is 0.545. The lowest BCUT2D eigenvalue weighted by atomic mass is 9.66. The van der Waals surface area contributed by atoms with Crippen LogP contribution >= 0.6 is 0 Å². The average Bonchev–Trinajstić information content (AvgIpc) is 3.34. The molecule has 1 saturated heterocycles. The van der Waals surface area contributed by atoms with Gasteiger partial charge in [-0.15, -0.1) is 0 Å². The van der Waals surface area contributed by atoms with Gasteiger partial charge in [0.05, 0.1) is 16.6 Å². The van der Waals surface area contributed by atoms with Crippen LogP contribution in [0.5, 0.6) is 0 Å². The van der Waals surface area contributed by atoms with Crippen LogP contribution in [0.4, 0.5) is 5.69 Å². The van der Waals surface area contributed by atoms with E-state index in [4.69, 9.17) is 9.31 Å². The molecule has 6 rings (SSSR count). The Morgan fingerprint density at radius 3 is 1.94 bits per heavy atom. The van der Waals surface area contributed by atoms with Gasteiger partial charge in [0, 0.05) is 11.6 Å². The molecule has 6 nitrogen and oxygen atoms in total. The summed E-state index contributed by atoms with van der Waals surface area (Å²) in [5, 5.41) is 13.6. The second-order valence-corrected chi connectivity index (χ2v) is 16.7. The zero-order valence-corrected chi connectivity index (χ0v) is 31.7. The normalized spacial score (nSPS) is 25.8. The number of rotatable bonds is 11. The maximum Gasteiger partial charge on any atom is 0.495 e. The minimum absolute atomic E-state index is 0.0596. The minimum atomic E-state index is -0.990. The van der Waals surface area contributed by atoms with Crippen molar-refractivity contribution in [3.8, 4) is 11.1 Å². The Morgan fingerprint density at radius 2 is 1.39 bits per heavy atom. The third-order valence-corrected chi connectivity index (χ3v) is 12.9. The van der Waals surface area contributed by atoms with Crippen molar-refractivity contribution in [2.24, 2.45) is 11.8 Å². The molecule has 3 aliphatic rings. The molecule has 1 aliphatic heterocycles. The molecule has 1 heterocycles. The number of carbonyl (C=O) groups is 2. The van der Waals surface area contributed by atoms with Crippen LogP contribution in [0.25, 0.3) is 11.1 Å². The molecule has 0 aromatic heterocycles. The highest BCUT2D eigenvalue weighted by atomic mass is 16.7. The topological polar surface area (TPSA) is 84.9 Å². The number of anilines is 1. The van der Waals surface area contributed by atoms with Crippen LogP contribution < -0.4 is 10.8 Å². The number of aryl methyl sites for hydroxylation is 1. The van der Waals surface area contributed by atoms with Crippen LogP contribution in [0.15, 0.2) is 66.7 Å². The first-order valence-corrected chi connectivity index (χ1v) is 19.5. The van der Waals surface area contributed by atoms with Crippen molar-refractivity contribution in [3.05, 3.63) is 83.4 Å². The molecule has 3 fully saturated rings. The lowest BCUT2D eigenvalue weighted by molar-refractivity contribution is -0.146. The first-order valence-electron chi connectivity index (χ1n) is 19.5. The monoisotopic (exact) mass is 691 g/mol. The van der Waals surface area contributed by atoms with Crippen LogP contribution in [-0.2, 0) is 24.3 Å². The highest BCUT2D eigenvalue weighted by molar-refractivity contribution is 6.62. The van der Waals surface area contributed by atoms with Gasteiger partial charge < -0.3 is 19.7 Å². The maximum atomic E-state index is 13.4. The quantitative estimate of drug-likeness (QED) is 0.155. The molecule has 2 saturated carbocycles. The highest BCUT2D eigenvalue weighted by Gasteiger charge is 2.52. The van der Waals surface area contributed by atoms with Gasteiger partial charge in [-0.05, 0) is 143 Å². The van der Waals surface area contributed by atoms with Gasteiger partial charge in [-0.25, -0.2) is 0 Å². The molecule has 1 amide bonds. The van der Waals surface area contributed by atoms with E-state index in [1.54, 1.807) is 0 Å². The van der Waals surface area contributed by atoms with Crippen molar-refractivity contribution in [1.29, 1.82) is 0 Å². The van der Waals surface area contributed by atoms with E-state index in [-0.39, 0.29) is 11.8 Å². The summed E-state index contributed by atoms with van der Waals surface area (Å²) in [5.74, 6) is 0.459. The zero-order chi connectivity index (χ0) is 36.4. The van der Waals surface area contributed by atoms with Gasteiger partial charge in [0.15, 0.2) is 0 Å². The van der Waals surface area contributed by atoms with E-state index in [0.29, 0.717) is 31.6 Å². The summed E-state index contributed by atoms with van der Waals surface area (Å²) in [7, 11) is -0.462. The molecular formula is C44H58BNO5. The number of benzene rings is 3. The molecule has 2 aliphatic carbocycles. The summed E-state index contributed by atoms with van der Waals surface area (Å²) in [5.41, 5.74) is 5.32. The number of amides is 1. The van der Waals surface area contributed by atoms with E-state index in [9.17, 15) is 14.7 Å². The number of unbranched alkanes of at least 4 members (excludes halogenated alkanes) is 2. The zero-order valence-electron chi connectivity index (χ0n) is 31.7. The molecular weight excluding hydrogens is 633 g/mol. The van der Waals surface area contributed by atoms with Crippen LogP contribution in [0.2, 0.25) is 0 Å². The smallest absolute Gasteiger partial charge is 0.481 e. The standard InChI is InChI=1S/C44H58BNO5/c1-7-8-9-10-31-11-13-32(14-12-31)33-15-17-34(18-16-33)35-19-21-37(22-20-35)44(41(48)49)27-25-36(26-28-44)40(47)46-38-23-24-39(30(2)29-38)45-50-42(3,4)43(5,6)51-45/h15-24,29,31-32,36H,7-14,25-28H2,1-6H3,(H,46,47)(H,48,49). The van der Waals surface area contributed by atoms with Gasteiger partial charge in [0.25, 0.3) is 0 Å². The Balaban J connectivity index is 1.04. The molecule has 3 aromatic carbocycles. The molecule has 0 unspecified atom stereocenters. The second kappa shape index (κ2) is 15.3. The molecule has 7 heteroatoms. The van der Waals surface area contributed by atoms with E-state index in [2.05, 4.69) is 48.6 Å². The van der Waals surface area contributed by atoms with Gasteiger partial charge in [0.1, 0.15) is 0 Å². The van der Waals surface area contributed by atoms with E-state index in [0.717, 1.165) is 39.3 Å². The van der Waals surface area contributed by atoms with Crippen molar-refractivity contribution in [2.45, 2.75) is 141 Å². The molecule has 3 aromatic rings. The third kappa shape index (κ3) is 8.00. The van der Waals surface area contributed by atoms with E-state index in [1.165, 1.54) is 56.9 Å². The summed E-state index contributed by atoms with van der Waals surface area (Å²) < 4.78 is 12.5.